The zero-order chi connectivity index (χ0) is 17.3. The summed E-state index contributed by atoms with van der Waals surface area (Å²) in [6.45, 7) is 0. The van der Waals surface area contributed by atoms with Crippen molar-refractivity contribution in [2.24, 2.45) is 0 Å². The van der Waals surface area contributed by atoms with Crippen molar-refractivity contribution in [3.8, 4) is 11.3 Å². The van der Waals surface area contributed by atoms with Gasteiger partial charge >= 0.3 is 0 Å². The molecule has 0 saturated carbocycles. The summed E-state index contributed by atoms with van der Waals surface area (Å²) >= 11 is 0. The van der Waals surface area contributed by atoms with E-state index < -0.39 is 0 Å². The maximum atomic E-state index is 4.93. The van der Waals surface area contributed by atoms with Crippen LogP contribution in [0, 0.1) is 0 Å². The minimum atomic E-state index is 0.818. The van der Waals surface area contributed by atoms with Crippen LogP contribution in [0.25, 0.3) is 33.5 Å². The molecule has 26 heavy (non-hydrogen) atoms. The van der Waals surface area contributed by atoms with Crippen LogP contribution in [0.5, 0.6) is 0 Å². The molecule has 2 heterocycles. The lowest BCUT2D eigenvalue weighted by molar-refractivity contribution is 1.20. The number of nitrogens with zero attached hydrogens (tertiary/aromatic N) is 2. The van der Waals surface area contributed by atoms with E-state index in [0.717, 1.165) is 39.9 Å². The van der Waals surface area contributed by atoms with E-state index >= 15 is 0 Å². The maximum Gasteiger partial charge on any atom is 0.157 e. The molecule has 0 unspecified atom stereocenters. The van der Waals surface area contributed by atoms with Gasteiger partial charge in [-0.3, -0.25) is 0 Å². The van der Waals surface area contributed by atoms with Gasteiger partial charge in [0.1, 0.15) is 5.52 Å². The largest absolute Gasteiger partial charge is 0.338 e. The van der Waals surface area contributed by atoms with Gasteiger partial charge in [-0.2, -0.15) is 0 Å². The molecule has 0 bridgehead atoms. The normalized spacial score (nSPS) is 11.2. The molecule has 2 aromatic heterocycles. The van der Waals surface area contributed by atoms with Gasteiger partial charge in [0, 0.05) is 12.0 Å². The van der Waals surface area contributed by atoms with E-state index in [2.05, 4.69) is 53.5 Å². The third kappa shape index (κ3) is 2.54. The summed E-state index contributed by atoms with van der Waals surface area (Å²) in [5.74, 6) is 0. The number of rotatable bonds is 3. The van der Waals surface area contributed by atoms with Crippen molar-refractivity contribution in [1.29, 1.82) is 0 Å². The zero-order valence-corrected chi connectivity index (χ0v) is 14.2. The molecule has 0 atom stereocenters. The number of nitrogens with one attached hydrogen (secondary N) is 1. The molecule has 1 N–H and O–H groups in total. The Balaban J connectivity index is 1.78. The van der Waals surface area contributed by atoms with Crippen molar-refractivity contribution in [1.82, 2.24) is 15.0 Å². The van der Waals surface area contributed by atoms with E-state index in [9.17, 15) is 0 Å². The third-order valence-corrected chi connectivity index (χ3v) is 4.69. The number of para-hydroxylation sites is 2. The van der Waals surface area contributed by atoms with Crippen LogP contribution < -0.4 is 0 Å². The van der Waals surface area contributed by atoms with Crippen LogP contribution in [0.4, 0.5) is 0 Å². The second kappa shape index (κ2) is 6.12. The van der Waals surface area contributed by atoms with Crippen molar-refractivity contribution in [3.05, 3.63) is 96.1 Å². The minimum Gasteiger partial charge on any atom is -0.338 e. The smallest absolute Gasteiger partial charge is 0.157 e. The third-order valence-electron chi connectivity index (χ3n) is 4.69. The van der Waals surface area contributed by atoms with Crippen LogP contribution in [-0.2, 0) is 6.42 Å². The summed E-state index contributed by atoms with van der Waals surface area (Å²) < 4.78 is 0. The average Bonchev–Trinajstić information content (AvgIpc) is 3.05. The molecule has 3 aromatic carbocycles. The molecule has 5 rings (SSSR count). The Kier molecular flexibility index (Phi) is 3.49. The summed E-state index contributed by atoms with van der Waals surface area (Å²) in [5, 5.41) is 0. The van der Waals surface area contributed by atoms with E-state index in [4.69, 9.17) is 9.97 Å². The Hall–Kier alpha value is -3.46. The van der Waals surface area contributed by atoms with Gasteiger partial charge in [0.15, 0.2) is 5.65 Å². The maximum absolute atomic E-state index is 4.93. The molecular formula is C23H17N3. The predicted octanol–water partition coefficient (Wildman–Crippen LogP) is 5.37. The SMILES string of the molecule is c1ccc(Cc2c(-c3ccccc3)[nH]c3nc4ccccc4nc23)cc1. The van der Waals surface area contributed by atoms with E-state index in [1.165, 1.54) is 11.1 Å². The van der Waals surface area contributed by atoms with Crippen molar-refractivity contribution >= 4 is 22.2 Å². The standard InChI is InChI=1S/C23H17N3/c1-3-9-16(10-4-1)15-18-21(17-11-5-2-6-12-17)26-23-22(18)24-19-13-7-8-14-20(19)25-23/h1-14H,15H2,(H,25,26). The molecular weight excluding hydrogens is 318 g/mol. The second-order valence-electron chi connectivity index (χ2n) is 6.42. The summed E-state index contributed by atoms with van der Waals surface area (Å²) in [7, 11) is 0. The van der Waals surface area contributed by atoms with Gasteiger partial charge < -0.3 is 4.98 Å². The van der Waals surface area contributed by atoms with E-state index in [-0.39, 0.29) is 0 Å². The van der Waals surface area contributed by atoms with E-state index in [0.29, 0.717) is 0 Å². The fourth-order valence-electron chi connectivity index (χ4n) is 3.43. The zero-order valence-electron chi connectivity index (χ0n) is 14.2. The number of H-pyrrole nitrogens is 1. The minimum absolute atomic E-state index is 0.818. The molecule has 0 saturated heterocycles. The lowest BCUT2D eigenvalue weighted by Gasteiger charge is -2.05. The summed E-state index contributed by atoms with van der Waals surface area (Å²) in [4.78, 5) is 13.3. The molecule has 0 fully saturated rings. The highest BCUT2D eigenvalue weighted by molar-refractivity contribution is 5.91. The van der Waals surface area contributed by atoms with Gasteiger partial charge in [0.25, 0.3) is 0 Å². The fourth-order valence-corrected chi connectivity index (χ4v) is 3.43. The topological polar surface area (TPSA) is 41.6 Å². The molecule has 5 aromatic rings. The van der Waals surface area contributed by atoms with Gasteiger partial charge in [-0.25, -0.2) is 9.97 Å². The first kappa shape index (κ1) is 14.8. The first-order valence-corrected chi connectivity index (χ1v) is 8.75. The van der Waals surface area contributed by atoms with Crippen molar-refractivity contribution in [2.45, 2.75) is 6.42 Å². The molecule has 3 heteroatoms. The highest BCUT2D eigenvalue weighted by Gasteiger charge is 2.16. The van der Waals surface area contributed by atoms with Crippen LogP contribution in [0.15, 0.2) is 84.9 Å². The van der Waals surface area contributed by atoms with E-state index in [1.54, 1.807) is 0 Å². The van der Waals surface area contributed by atoms with Gasteiger partial charge in [-0.1, -0.05) is 72.8 Å². The van der Waals surface area contributed by atoms with Gasteiger partial charge in [0.05, 0.1) is 16.7 Å². The summed E-state index contributed by atoms with van der Waals surface area (Å²) in [6, 6.07) is 28.9. The quantitative estimate of drug-likeness (QED) is 0.481. The van der Waals surface area contributed by atoms with Crippen LogP contribution in [0.3, 0.4) is 0 Å². The van der Waals surface area contributed by atoms with Crippen molar-refractivity contribution < 1.29 is 0 Å². The summed E-state index contributed by atoms with van der Waals surface area (Å²) in [5.41, 5.74) is 8.33. The second-order valence-corrected chi connectivity index (χ2v) is 6.42. The fraction of sp³-hybridized carbons (Fsp3) is 0.0435. The highest BCUT2D eigenvalue weighted by atomic mass is 14.9. The molecule has 0 aliphatic heterocycles. The van der Waals surface area contributed by atoms with Gasteiger partial charge in [-0.05, 0) is 23.3 Å². The number of hydrogen-bond acceptors (Lipinski definition) is 2. The number of hydrogen-bond donors (Lipinski definition) is 1. The van der Waals surface area contributed by atoms with E-state index in [1.807, 2.05) is 36.4 Å². The molecule has 0 amide bonds. The van der Waals surface area contributed by atoms with Crippen LogP contribution in [0.1, 0.15) is 11.1 Å². The van der Waals surface area contributed by atoms with Crippen LogP contribution in [0.2, 0.25) is 0 Å². The van der Waals surface area contributed by atoms with Crippen LogP contribution >= 0.6 is 0 Å². The van der Waals surface area contributed by atoms with Gasteiger partial charge in [0.2, 0.25) is 0 Å². The Morgan fingerprint density at radius 2 is 1.27 bits per heavy atom. The number of benzene rings is 3. The number of aromatic nitrogens is 3. The Labute approximate surface area is 151 Å². The average molecular weight is 335 g/mol. The Bertz CT molecular complexity index is 1190. The molecule has 0 spiro atoms. The lowest BCUT2D eigenvalue weighted by atomic mass is 10.0. The van der Waals surface area contributed by atoms with Crippen LogP contribution in [-0.4, -0.2) is 15.0 Å². The molecule has 124 valence electrons. The monoisotopic (exact) mass is 335 g/mol. The number of aromatic amines is 1. The highest BCUT2D eigenvalue weighted by Crippen LogP contribution is 2.31. The molecule has 0 aliphatic rings. The molecule has 0 aliphatic carbocycles. The molecule has 3 nitrogen and oxygen atoms in total. The Morgan fingerprint density at radius 1 is 0.654 bits per heavy atom. The Morgan fingerprint density at radius 3 is 2.00 bits per heavy atom. The summed E-state index contributed by atoms with van der Waals surface area (Å²) in [6.07, 6.45) is 0.818. The van der Waals surface area contributed by atoms with Crippen molar-refractivity contribution in [2.75, 3.05) is 0 Å². The van der Waals surface area contributed by atoms with Gasteiger partial charge in [-0.15, -0.1) is 0 Å². The first-order chi connectivity index (χ1) is 12.9. The predicted molar refractivity (Wildman–Crippen MR) is 106 cm³/mol. The number of fused-ring (bicyclic) bond motifs is 2. The molecule has 0 radical (unpaired) electrons. The van der Waals surface area contributed by atoms with Crippen molar-refractivity contribution in [3.63, 3.8) is 0 Å². The first-order valence-electron chi connectivity index (χ1n) is 8.75. The lowest BCUT2D eigenvalue weighted by Crippen LogP contribution is -1.92.